The number of rotatable bonds is 1. The van der Waals surface area contributed by atoms with E-state index in [2.05, 4.69) is 5.32 Å². The molecule has 4 N–H and O–H groups in total. The van der Waals surface area contributed by atoms with Gasteiger partial charge in [0, 0.05) is 12.6 Å². The summed E-state index contributed by atoms with van der Waals surface area (Å²) in [4.78, 5) is 10.8. The van der Waals surface area contributed by atoms with E-state index in [4.69, 9.17) is 5.73 Å². The molecular weight excluding hydrogens is 168 g/mol. The minimum atomic E-state index is -0.232. The monoisotopic (exact) mass is 180 g/mol. The zero-order chi connectivity index (χ0) is 10.0. The third-order valence-electron chi connectivity index (χ3n) is 1.79. The molecule has 1 amide bonds. The van der Waals surface area contributed by atoms with E-state index in [9.17, 15) is 9.90 Å². The van der Waals surface area contributed by atoms with Gasteiger partial charge in [0.1, 0.15) is 5.75 Å². The Balaban J connectivity index is 3.17. The number of aromatic hydroxyl groups is 1. The Labute approximate surface area is 76.4 Å². The van der Waals surface area contributed by atoms with Crippen molar-refractivity contribution in [1.82, 2.24) is 0 Å². The molecular formula is C9H12N2O2. The third kappa shape index (κ3) is 1.90. The number of anilines is 2. The predicted molar refractivity (Wildman–Crippen MR) is 51.6 cm³/mol. The normalized spacial score (nSPS) is 9.69. The maximum Gasteiger partial charge on any atom is 0.221 e. The molecule has 0 radical (unpaired) electrons. The standard InChI is InChI=1S/C9H12N2O2/c1-5-7(10)3-4-8(13)9(5)11-6(2)12/h3-4,13H,10H2,1-2H3,(H,11,12). The number of amides is 1. The van der Waals surface area contributed by atoms with Crippen LogP contribution in [0.15, 0.2) is 12.1 Å². The first-order valence-corrected chi connectivity index (χ1v) is 3.88. The number of nitrogens with two attached hydrogens (primary N) is 1. The van der Waals surface area contributed by atoms with E-state index in [0.717, 1.165) is 0 Å². The van der Waals surface area contributed by atoms with Gasteiger partial charge >= 0.3 is 0 Å². The molecule has 4 heteroatoms. The molecule has 0 aliphatic rings. The van der Waals surface area contributed by atoms with Crippen LogP contribution < -0.4 is 11.1 Å². The van der Waals surface area contributed by atoms with Gasteiger partial charge in [-0.1, -0.05) is 0 Å². The second-order valence-corrected chi connectivity index (χ2v) is 2.86. The highest BCUT2D eigenvalue weighted by Gasteiger charge is 2.08. The van der Waals surface area contributed by atoms with Crippen molar-refractivity contribution in [3.8, 4) is 5.75 Å². The van der Waals surface area contributed by atoms with Gasteiger partial charge in [0.15, 0.2) is 0 Å². The number of nitrogen functional groups attached to an aromatic ring is 1. The van der Waals surface area contributed by atoms with E-state index in [0.29, 0.717) is 16.9 Å². The van der Waals surface area contributed by atoms with Gasteiger partial charge < -0.3 is 16.2 Å². The van der Waals surface area contributed by atoms with Gasteiger partial charge in [-0.25, -0.2) is 0 Å². The van der Waals surface area contributed by atoms with Crippen molar-refractivity contribution in [2.24, 2.45) is 0 Å². The van der Waals surface area contributed by atoms with E-state index in [1.165, 1.54) is 13.0 Å². The smallest absolute Gasteiger partial charge is 0.221 e. The summed E-state index contributed by atoms with van der Waals surface area (Å²) in [5, 5.41) is 11.9. The average Bonchev–Trinajstić information content (AvgIpc) is 2.05. The molecule has 0 saturated carbocycles. The molecule has 0 aliphatic heterocycles. The van der Waals surface area contributed by atoms with Gasteiger partial charge in [0.25, 0.3) is 0 Å². The Morgan fingerprint density at radius 1 is 1.54 bits per heavy atom. The number of hydrogen-bond donors (Lipinski definition) is 3. The van der Waals surface area contributed by atoms with E-state index >= 15 is 0 Å². The van der Waals surface area contributed by atoms with Crippen molar-refractivity contribution in [2.75, 3.05) is 11.1 Å². The van der Waals surface area contributed by atoms with Gasteiger partial charge in [-0.3, -0.25) is 4.79 Å². The van der Waals surface area contributed by atoms with E-state index in [-0.39, 0.29) is 11.7 Å². The van der Waals surface area contributed by atoms with Crippen LogP contribution in [0, 0.1) is 6.92 Å². The van der Waals surface area contributed by atoms with Crippen molar-refractivity contribution in [1.29, 1.82) is 0 Å². The molecule has 0 atom stereocenters. The highest BCUT2D eigenvalue weighted by molar-refractivity contribution is 5.92. The van der Waals surface area contributed by atoms with Crippen molar-refractivity contribution in [3.63, 3.8) is 0 Å². The van der Waals surface area contributed by atoms with Crippen LogP contribution >= 0.6 is 0 Å². The summed E-state index contributed by atoms with van der Waals surface area (Å²) in [5.41, 5.74) is 7.20. The van der Waals surface area contributed by atoms with Crippen LogP contribution in [0.25, 0.3) is 0 Å². The number of benzene rings is 1. The molecule has 0 bridgehead atoms. The lowest BCUT2D eigenvalue weighted by atomic mass is 10.1. The van der Waals surface area contributed by atoms with E-state index in [1.54, 1.807) is 13.0 Å². The van der Waals surface area contributed by atoms with Crippen LogP contribution in [0.3, 0.4) is 0 Å². The van der Waals surface area contributed by atoms with Crippen molar-refractivity contribution >= 4 is 17.3 Å². The summed E-state index contributed by atoms with van der Waals surface area (Å²) in [5.74, 6) is -0.203. The first-order valence-electron chi connectivity index (χ1n) is 3.88. The molecule has 0 saturated heterocycles. The summed E-state index contributed by atoms with van der Waals surface area (Å²) in [6, 6.07) is 3.05. The molecule has 0 aliphatic carbocycles. The highest BCUT2D eigenvalue weighted by Crippen LogP contribution is 2.30. The molecule has 1 rings (SSSR count). The third-order valence-corrected chi connectivity index (χ3v) is 1.79. The minimum Gasteiger partial charge on any atom is -0.506 e. The summed E-state index contributed by atoms with van der Waals surface area (Å²) < 4.78 is 0. The first-order chi connectivity index (χ1) is 6.02. The van der Waals surface area contributed by atoms with Crippen LogP contribution in [0.4, 0.5) is 11.4 Å². The quantitative estimate of drug-likeness (QED) is 0.346. The number of hydrogen-bond acceptors (Lipinski definition) is 3. The highest BCUT2D eigenvalue weighted by atomic mass is 16.3. The lowest BCUT2D eigenvalue weighted by Gasteiger charge is -2.10. The molecule has 0 aromatic heterocycles. The molecule has 0 heterocycles. The molecule has 13 heavy (non-hydrogen) atoms. The maximum absolute atomic E-state index is 10.8. The molecule has 1 aromatic rings. The molecule has 0 unspecified atom stereocenters. The molecule has 1 aromatic carbocycles. The second kappa shape index (κ2) is 3.35. The zero-order valence-corrected chi connectivity index (χ0v) is 7.59. The molecule has 0 spiro atoms. The van der Waals surface area contributed by atoms with Gasteiger partial charge in [0.05, 0.1) is 5.69 Å². The van der Waals surface area contributed by atoms with Crippen molar-refractivity contribution in [2.45, 2.75) is 13.8 Å². The number of phenolic OH excluding ortho intramolecular Hbond substituents is 1. The summed E-state index contributed by atoms with van der Waals surface area (Å²) in [6.45, 7) is 3.11. The van der Waals surface area contributed by atoms with E-state index in [1.807, 2.05) is 0 Å². The minimum absolute atomic E-state index is 0.0295. The van der Waals surface area contributed by atoms with Crippen LogP contribution in [0.1, 0.15) is 12.5 Å². The number of phenols is 1. The fourth-order valence-electron chi connectivity index (χ4n) is 1.05. The Morgan fingerprint density at radius 3 is 2.69 bits per heavy atom. The fraction of sp³-hybridized carbons (Fsp3) is 0.222. The van der Waals surface area contributed by atoms with Crippen molar-refractivity contribution < 1.29 is 9.90 Å². The summed E-state index contributed by atoms with van der Waals surface area (Å²) >= 11 is 0. The van der Waals surface area contributed by atoms with Gasteiger partial charge in [0.2, 0.25) is 5.91 Å². The van der Waals surface area contributed by atoms with Crippen LogP contribution in [-0.2, 0) is 4.79 Å². The van der Waals surface area contributed by atoms with Gasteiger partial charge in [-0.2, -0.15) is 0 Å². The number of carbonyl (C=O) groups excluding carboxylic acids is 1. The Hall–Kier alpha value is -1.71. The van der Waals surface area contributed by atoms with Crippen LogP contribution in [0.5, 0.6) is 5.75 Å². The fourth-order valence-corrected chi connectivity index (χ4v) is 1.05. The Bertz CT molecular complexity index is 348. The summed E-state index contributed by atoms with van der Waals surface area (Å²) in [6.07, 6.45) is 0. The Morgan fingerprint density at radius 2 is 2.15 bits per heavy atom. The molecule has 4 nitrogen and oxygen atoms in total. The van der Waals surface area contributed by atoms with Gasteiger partial charge in [-0.15, -0.1) is 0 Å². The lowest BCUT2D eigenvalue weighted by molar-refractivity contribution is -0.114. The summed E-state index contributed by atoms with van der Waals surface area (Å²) in [7, 11) is 0. The second-order valence-electron chi connectivity index (χ2n) is 2.86. The Kier molecular flexibility index (Phi) is 2.41. The number of carbonyl (C=O) groups is 1. The maximum atomic E-state index is 10.8. The molecule has 70 valence electrons. The topological polar surface area (TPSA) is 75.3 Å². The zero-order valence-electron chi connectivity index (χ0n) is 7.59. The average molecular weight is 180 g/mol. The van der Waals surface area contributed by atoms with Crippen molar-refractivity contribution in [3.05, 3.63) is 17.7 Å². The first kappa shape index (κ1) is 9.38. The SMILES string of the molecule is CC(=O)Nc1c(O)ccc(N)c1C. The van der Waals surface area contributed by atoms with Crippen LogP contribution in [0.2, 0.25) is 0 Å². The number of nitrogens with one attached hydrogen (secondary N) is 1. The predicted octanol–water partition coefficient (Wildman–Crippen LogP) is 1.24. The lowest BCUT2D eigenvalue weighted by Crippen LogP contribution is -2.08. The van der Waals surface area contributed by atoms with Crippen LogP contribution in [-0.4, -0.2) is 11.0 Å². The largest absolute Gasteiger partial charge is 0.506 e. The molecule has 0 fully saturated rings. The van der Waals surface area contributed by atoms with E-state index < -0.39 is 0 Å². The van der Waals surface area contributed by atoms with Gasteiger partial charge in [-0.05, 0) is 24.6 Å².